The van der Waals surface area contributed by atoms with Crippen molar-refractivity contribution >= 4 is 33.2 Å². The Hall–Kier alpha value is -1.08. The number of benzene rings is 1. The van der Waals surface area contributed by atoms with Gasteiger partial charge in [-0.3, -0.25) is 4.68 Å². The molecule has 0 unspecified atom stereocenters. The number of rotatable bonds is 4. The van der Waals surface area contributed by atoms with E-state index in [4.69, 9.17) is 23.2 Å². The van der Waals surface area contributed by atoms with Crippen molar-refractivity contribution in [2.75, 3.05) is 7.05 Å². The molecule has 108 valence electrons. The summed E-state index contributed by atoms with van der Waals surface area (Å²) in [5.41, 5.74) is 0.779. The van der Waals surface area contributed by atoms with Gasteiger partial charge in [0.25, 0.3) is 0 Å². The van der Waals surface area contributed by atoms with E-state index in [0.29, 0.717) is 0 Å². The quantitative estimate of drug-likeness (QED) is 0.863. The van der Waals surface area contributed by atoms with Crippen molar-refractivity contribution in [2.24, 2.45) is 7.05 Å². The third-order valence-corrected chi connectivity index (χ3v) is 5.51. The Kier molecular flexibility index (Phi) is 4.39. The highest BCUT2D eigenvalue weighted by molar-refractivity contribution is 7.89. The van der Waals surface area contributed by atoms with Crippen LogP contribution in [-0.2, 0) is 23.6 Å². The second kappa shape index (κ2) is 5.73. The standard InChI is InChI=1S/C12H13Cl2N3O2S/c1-16-7-9(6-15-16)8-17(2)20(18,19)12-10(13)4-3-5-11(12)14/h3-7H,8H2,1-2H3. The maximum atomic E-state index is 12.5. The molecule has 0 saturated carbocycles. The zero-order chi connectivity index (χ0) is 14.9. The SMILES string of the molecule is CN(Cc1cnn(C)c1)S(=O)(=O)c1c(Cl)cccc1Cl. The maximum Gasteiger partial charge on any atom is 0.246 e. The predicted octanol–water partition coefficient (Wildman–Crippen LogP) is 2.55. The first kappa shape index (κ1) is 15.3. The zero-order valence-corrected chi connectivity index (χ0v) is 13.2. The van der Waals surface area contributed by atoms with E-state index in [0.717, 1.165) is 5.56 Å². The molecule has 0 saturated heterocycles. The van der Waals surface area contributed by atoms with E-state index in [9.17, 15) is 8.42 Å². The lowest BCUT2D eigenvalue weighted by Gasteiger charge is -2.18. The van der Waals surface area contributed by atoms with E-state index in [1.807, 2.05) is 0 Å². The van der Waals surface area contributed by atoms with Crippen molar-refractivity contribution in [3.63, 3.8) is 0 Å². The lowest BCUT2D eigenvalue weighted by atomic mass is 10.4. The Balaban J connectivity index is 2.35. The monoisotopic (exact) mass is 333 g/mol. The van der Waals surface area contributed by atoms with Gasteiger partial charge in [-0.1, -0.05) is 29.3 Å². The van der Waals surface area contributed by atoms with Crippen LogP contribution >= 0.6 is 23.2 Å². The second-order valence-corrected chi connectivity index (χ2v) is 7.13. The summed E-state index contributed by atoms with van der Waals surface area (Å²) in [7, 11) is -0.516. The Bertz CT molecular complexity index is 708. The molecule has 2 aromatic rings. The van der Waals surface area contributed by atoms with Crippen LogP contribution in [0.2, 0.25) is 10.0 Å². The van der Waals surface area contributed by atoms with Crippen molar-refractivity contribution in [1.82, 2.24) is 14.1 Å². The Morgan fingerprint density at radius 1 is 1.30 bits per heavy atom. The summed E-state index contributed by atoms with van der Waals surface area (Å²) in [4.78, 5) is -0.0743. The van der Waals surface area contributed by atoms with Gasteiger partial charge in [-0.25, -0.2) is 8.42 Å². The summed E-state index contributed by atoms with van der Waals surface area (Å²) in [6.45, 7) is 0.192. The average molecular weight is 334 g/mol. The number of hydrogen-bond donors (Lipinski definition) is 0. The molecule has 1 aromatic heterocycles. The largest absolute Gasteiger partial charge is 0.275 e. The first-order chi connectivity index (χ1) is 9.32. The molecule has 20 heavy (non-hydrogen) atoms. The van der Waals surface area contributed by atoms with Crippen LogP contribution in [0.5, 0.6) is 0 Å². The number of aromatic nitrogens is 2. The fourth-order valence-electron chi connectivity index (χ4n) is 1.78. The summed E-state index contributed by atoms with van der Waals surface area (Å²) < 4.78 is 27.8. The highest BCUT2D eigenvalue weighted by Gasteiger charge is 2.26. The molecule has 5 nitrogen and oxygen atoms in total. The molecule has 1 heterocycles. The minimum absolute atomic E-state index is 0.0743. The highest BCUT2D eigenvalue weighted by atomic mass is 35.5. The van der Waals surface area contributed by atoms with Crippen molar-refractivity contribution in [1.29, 1.82) is 0 Å². The number of nitrogens with zero attached hydrogens (tertiary/aromatic N) is 3. The van der Waals surface area contributed by atoms with Gasteiger partial charge in [0, 0.05) is 32.4 Å². The molecule has 8 heteroatoms. The van der Waals surface area contributed by atoms with E-state index in [1.54, 1.807) is 30.2 Å². The molecule has 0 fully saturated rings. The molecule has 0 aliphatic carbocycles. The molecule has 0 N–H and O–H groups in total. The third kappa shape index (κ3) is 2.98. The van der Waals surface area contributed by atoms with E-state index in [1.165, 1.54) is 23.5 Å². The summed E-state index contributed by atoms with van der Waals surface area (Å²) in [6, 6.07) is 4.60. The molecule has 0 atom stereocenters. The summed E-state index contributed by atoms with van der Waals surface area (Å²) in [6.07, 6.45) is 3.36. The van der Waals surface area contributed by atoms with Gasteiger partial charge in [-0.15, -0.1) is 0 Å². The lowest BCUT2D eigenvalue weighted by Crippen LogP contribution is -2.26. The van der Waals surface area contributed by atoms with Crippen molar-refractivity contribution < 1.29 is 8.42 Å². The van der Waals surface area contributed by atoms with Gasteiger partial charge >= 0.3 is 0 Å². The number of aryl methyl sites for hydroxylation is 1. The first-order valence-corrected chi connectivity index (χ1v) is 7.90. The van der Waals surface area contributed by atoms with Gasteiger partial charge in [-0.05, 0) is 12.1 Å². The fourth-order valence-corrected chi connectivity index (χ4v) is 4.02. The molecule has 1 aromatic carbocycles. The van der Waals surface area contributed by atoms with Crippen LogP contribution in [0.3, 0.4) is 0 Å². The summed E-state index contributed by atoms with van der Waals surface area (Å²) in [5, 5.41) is 4.22. The van der Waals surface area contributed by atoms with Crippen LogP contribution < -0.4 is 0 Å². The van der Waals surface area contributed by atoms with Gasteiger partial charge in [0.1, 0.15) is 4.90 Å². The molecule has 2 rings (SSSR count). The summed E-state index contributed by atoms with van der Waals surface area (Å²) in [5.74, 6) is 0. The van der Waals surface area contributed by atoms with E-state index < -0.39 is 10.0 Å². The molecular weight excluding hydrogens is 321 g/mol. The van der Waals surface area contributed by atoms with Gasteiger partial charge in [-0.2, -0.15) is 9.40 Å². The number of halogens is 2. The first-order valence-electron chi connectivity index (χ1n) is 5.70. The Labute approximate surface area is 127 Å². The number of hydrogen-bond acceptors (Lipinski definition) is 3. The molecule has 0 spiro atoms. The van der Waals surface area contributed by atoms with Gasteiger partial charge in [0.15, 0.2) is 0 Å². The molecular formula is C12H13Cl2N3O2S. The van der Waals surface area contributed by atoms with E-state index in [-0.39, 0.29) is 21.5 Å². The molecule has 0 radical (unpaired) electrons. The van der Waals surface area contributed by atoms with E-state index in [2.05, 4.69) is 5.10 Å². The molecule has 0 aliphatic rings. The predicted molar refractivity (Wildman–Crippen MR) is 78.3 cm³/mol. The second-order valence-electron chi connectivity index (χ2n) is 4.33. The van der Waals surface area contributed by atoms with Crippen LogP contribution in [0.25, 0.3) is 0 Å². The van der Waals surface area contributed by atoms with Crippen molar-refractivity contribution in [3.8, 4) is 0 Å². The van der Waals surface area contributed by atoms with Crippen LogP contribution in [0.15, 0.2) is 35.5 Å². The third-order valence-electron chi connectivity index (χ3n) is 2.75. The topological polar surface area (TPSA) is 55.2 Å². The fraction of sp³-hybridized carbons (Fsp3) is 0.250. The minimum Gasteiger partial charge on any atom is -0.275 e. The van der Waals surface area contributed by atoms with Crippen LogP contribution in [0.1, 0.15) is 5.56 Å². The molecule has 0 bridgehead atoms. The molecule has 0 amide bonds. The minimum atomic E-state index is -3.76. The normalized spacial score (nSPS) is 12.1. The highest BCUT2D eigenvalue weighted by Crippen LogP contribution is 2.31. The van der Waals surface area contributed by atoms with Gasteiger partial charge < -0.3 is 0 Å². The van der Waals surface area contributed by atoms with Crippen LogP contribution in [0, 0.1) is 0 Å². The average Bonchev–Trinajstić information content (AvgIpc) is 2.74. The van der Waals surface area contributed by atoms with Gasteiger partial charge in [0.2, 0.25) is 10.0 Å². The Morgan fingerprint density at radius 2 is 1.90 bits per heavy atom. The molecule has 0 aliphatic heterocycles. The number of sulfonamides is 1. The van der Waals surface area contributed by atoms with Crippen LogP contribution in [-0.4, -0.2) is 29.6 Å². The lowest BCUT2D eigenvalue weighted by molar-refractivity contribution is 0.466. The summed E-state index contributed by atoms with van der Waals surface area (Å²) >= 11 is 11.9. The van der Waals surface area contributed by atoms with Crippen LogP contribution in [0.4, 0.5) is 0 Å². The van der Waals surface area contributed by atoms with Gasteiger partial charge in [0.05, 0.1) is 16.2 Å². The van der Waals surface area contributed by atoms with Crippen molar-refractivity contribution in [3.05, 3.63) is 46.2 Å². The van der Waals surface area contributed by atoms with E-state index >= 15 is 0 Å². The smallest absolute Gasteiger partial charge is 0.246 e. The van der Waals surface area contributed by atoms with Crippen molar-refractivity contribution in [2.45, 2.75) is 11.4 Å². The Morgan fingerprint density at radius 3 is 2.40 bits per heavy atom. The maximum absolute atomic E-state index is 12.5. The zero-order valence-electron chi connectivity index (χ0n) is 10.9.